The highest BCUT2D eigenvalue weighted by molar-refractivity contribution is 6.09. The fourth-order valence-electron chi connectivity index (χ4n) is 8.92. The number of halogens is 3. The molecule has 6 aromatic rings. The molecule has 2 aliphatic heterocycles. The maximum absolute atomic E-state index is 16.0. The fraction of sp³-hybridized carbons (Fsp3) is 0.439. The van der Waals surface area contributed by atoms with E-state index in [1.54, 1.807) is 48.5 Å². The Morgan fingerprint density at radius 3 is 2.66 bits per heavy atom. The average Bonchev–Trinajstić information content (AvgIpc) is 3.89. The van der Waals surface area contributed by atoms with E-state index in [-0.39, 0.29) is 54.6 Å². The lowest BCUT2D eigenvalue weighted by Crippen LogP contribution is -2.49. The topological polar surface area (TPSA) is 156 Å². The van der Waals surface area contributed by atoms with Crippen LogP contribution >= 0.6 is 0 Å². The number of likely N-dealkylation sites (tertiary alicyclic amines) is 1. The number of piperidine rings is 1. The van der Waals surface area contributed by atoms with E-state index in [0.29, 0.717) is 52.3 Å². The van der Waals surface area contributed by atoms with Gasteiger partial charge in [-0.05, 0) is 82.2 Å². The Balaban J connectivity index is 0.844. The molecule has 3 aliphatic rings. The molecule has 1 atom stereocenters. The van der Waals surface area contributed by atoms with Gasteiger partial charge < -0.3 is 14.5 Å². The quantitative estimate of drug-likeness (QED) is 0.172. The number of urea groups is 1. The zero-order valence-corrected chi connectivity index (χ0v) is 32.9. The van der Waals surface area contributed by atoms with Crippen molar-refractivity contribution in [3.05, 3.63) is 77.9 Å². The van der Waals surface area contributed by atoms with Gasteiger partial charge >= 0.3 is 6.03 Å². The van der Waals surface area contributed by atoms with E-state index >= 15 is 13.2 Å². The predicted octanol–water partition coefficient (Wildman–Crippen LogP) is 6.29. The van der Waals surface area contributed by atoms with Crippen LogP contribution in [0.25, 0.3) is 22.2 Å². The second kappa shape index (κ2) is 15.0. The number of carbonyl (C=O) groups is 3. The average molecular weight is 812 g/mol. The predicted molar refractivity (Wildman–Crippen MR) is 212 cm³/mol. The smallest absolute Gasteiger partial charge is 0.329 e. The van der Waals surface area contributed by atoms with E-state index in [4.69, 9.17) is 9.72 Å². The van der Waals surface area contributed by atoms with E-state index in [1.807, 2.05) is 29.3 Å². The van der Waals surface area contributed by atoms with Crippen molar-refractivity contribution in [2.45, 2.75) is 76.2 Å². The molecule has 59 heavy (non-hydrogen) atoms. The van der Waals surface area contributed by atoms with Crippen LogP contribution in [0.1, 0.15) is 85.8 Å². The third kappa shape index (κ3) is 7.34. The molecule has 1 aromatic carbocycles. The SMILES string of the molecule is CC(C)Oc1cc2nc(C3CCC(CN4CCC(c5cc6c(cc5F)c(N5CCC(=O)NC5=O)nn6C)C(F)(F)C4)CC3)cn2cc1C(=O)Nc1cnn2cccnc12. The van der Waals surface area contributed by atoms with Gasteiger partial charge in [0.05, 0.1) is 41.5 Å². The molecule has 1 aliphatic carbocycles. The Morgan fingerprint density at radius 2 is 1.90 bits per heavy atom. The first-order valence-electron chi connectivity index (χ1n) is 20.0. The molecule has 1 saturated carbocycles. The normalized spacial score (nSPS) is 21.5. The summed E-state index contributed by atoms with van der Waals surface area (Å²) in [7, 11) is 1.62. The minimum Gasteiger partial charge on any atom is -0.490 e. The zero-order valence-electron chi connectivity index (χ0n) is 32.9. The van der Waals surface area contributed by atoms with E-state index in [1.165, 1.54) is 21.7 Å². The third-order valence-corrected chi connectivity index (χ3v) is 11.8. The summed E-state index contributed by atoms with van der Waals surface area (Å²) in [5.41, 5.74) is 3.25. The van der Waals surface area contributed by atoms with Gasteiger partial charge in [0.25, 0.3) is 11.8 Å². The number of carbonyl (C=O) groups excluding carboxylic acids is 3. The summed E-state index contributed by atoms with van der Waals surface area (Å²) < 4.78 is 58.6. The minimum atomic E-state index is -3.17. The number of nitrogens with one attached hydrogen (secondary N) is 2. The highest BCUT2D eigenvalue weighted by Gasteiger charge is 2.47. The lowest BCUT2D eigenvalue weighted by molar-refractivity contribution is -0.120. The third-order valence-electron chi connectivity index (χ3n) is 11.8. The van der Waals surface area contributed by atoms with Crippen molar-refractivity contribution in [1.82, 2.24) is 44.0 Å². The number of amides is 4. The molecule has 308 valence electrons. The fourth-order valence-corrected chi connectivity index (χ4v) is 8.92. The number of hydrogen-bond donors (Lipinski definition) is 2. The van der Waals surface area contributed by atoms with Crippen LogP contribution in [0.15, 0.2) is 55.2 Å². The number of aromatic nitrogens is 7. The molecule has 2 N–H and O–H groups in total. The highest BCUT2D eigenvalue weighted by Crippen LogP contribution is 2.44. The van der Waals surface area contributed by atoms with Crippen molar-refractivity contribution in [2.75, 3.05) is 36.4 Å². The lowest BCUT2D eigenvalue weighted by atomic mass is 9.79. The van der Waals surface area contributed by atoms with Gasteiger partial charge in [0.2, 0.25) is 5.91 Å². The van der Waals surface area contributed by atoms with Gasteiger partial charge in [0.1, 0.15) is 22.9 Å². The maximum atomic E-state index is 16.0. The number of anilines is 2. The second-order valence-electron chi connectivity index (χ2n) is 16.2. The van der Waals surface area contributed by atoms with Crippen molar-refractivity contribution >= 4 is 51.5 Å². The summed E-state index contributed by atoms with van der Waals surface area (Å²) in [6, 6.07) is 5.48. The first-order valence-corrected chi connectivity index (χ1v) is 20.0. The molecular formula is C41H44F3N11O4. The van der Waals surface area contributed by atoms with Gasteiger partial charge in [0.15, 0.2) is 11.5 Å². The Morgan fingerprint density at radius 1 is 1.08 bits per heavy atom. The van der Waals surface area contributed by atoms with Crippen LogP contribution in [0.2, 0.25) is 0 Å². The first-order chi connectivity index (χ1) is 28.3. The molecule has 0 radical (unpaired) electrons. The maximum Gasteiger partial charge on any atom is 0.329 e. The number of fused-ring (bicyclic) bond motifs is 3. The molecule has 0 bridgehead atoms. The van der Waals surface area contributed by atoms with Gasteiger partial charge in [0, 0.05) is 68.7 Å². The summed E-state index contributed by atoms with van der Waals surface area (Å²) in [5.74, 6) is -5.05. The Kier molecular flexibility index (Phi) is 9.76. The molecular weight excluding hydrogens is 768 g/mol. The number of alkyl halides is 2. The monoisotopic (exact) mass is 811 g/mol. The van der Waals surface area contributed by atoms with Gasteiger partial charge in [-0.15, -0.1) is 0 Å². The number of rotatable bonds is 9. The van der Waals surface area contributed by atoms with Crippen molar-refractivity contribution in [2.24, 2.45) is 13.0 Å². The van der Waals surface area contributed by atoms with Crippen LogP contribution in [0.5, 0.6) is 5.75 Å². The summed E-state index contributed by atoms with van der Waals surface area (Å²) in [6.45, 7) is 4.34. The molecule has 9 rings (SSSR count). The first kappa shape index (κ1) is 38.5. The molecule has 15 nitrogen and oxygen atoms in total. The Bertz CT molecular complexity index is 2610. The largest absolute Gasteiger partial charge is 0.490 e. The van der Waals surface area contributed by atoms with Gasteiger partial charge in [-0.2, -0.15) is 10.2 Å². The number of aryl methyl sites for hydroxylation is 1. The Labute approximate surface area is 336 Å². The summed E-state index contributed by atoms with van der Waals surface area (Å²) in [4.78, 5) is 50.1. The van der Waals surface area contributed by atoms with E-state index in [9.17, 15) is 14.4 Å². The number of benzene rings is 1. The summed E-state index contributed by atoms with van der Waals surface area (Å²) >= 11 is 0. The molecule has 5 aromatic heterocycles. The number of nitrogens with zero attached hydrogens (tertiary/aromatic N) is 9. The van der Waals surface area contributed by atoms with Gasteiger partial charge in [-0.25, -0.2) is 32.4 Å². The second-order valence-corrected chi connectivity index (χ2v) is 16.2. The van der Waals surface area contributed by atoms with Crippen LogP contribution in [0.4, 0.5) is 29.5 Å². The molecule has 7 heterocycles. The molecule has 3 fully saturated rings. The molecule has 18 heteroatoms. The highest BCUT2D eigenvalue weighted by atomic mass is 19.3. The minimum absolute atomic E-state index is 0.0668. The van der Waals surface area contributed by atoms with Crippen LogP contribution in [-0.2, 0) is 11.8 Å². The van der Waals surface area contributed by atoms with E-state index in [2.05, 4.69) is 25.8 Å². The van der Waals surface area contributed by atoms with Gasteiger partial charge in [-0.3, -0.25) is 29.4 Å². The zero-order chi connectivity index (χ0) is 41.2. The van der Waals surface area contributed by atoms with Crippen LogP contribution in [-0.4, -0.2) is 94.7 Å². The molecule has 0 spiro atoms. The molecule has 4 amide bonds. The summed E-state index contributed by atoms with van der Waals surface area (Å²) in [5, 5.41) is 14.1. The van der Waals surface area contributed by atoms with E-state index in [0.717, 1.165) is 31.4 Å². The Hall–Kier alpha value is -6.04. The van der Waals surface area contributed by atoms with Crippen LogP contribution < -0.4 is 20.3 Å². The lowest BCUT2D eigenvalue weighted by Gasteiger charge is -2.41. The number of imidazole rings is 1. The van der Waals surface area contributed by atoms with E-state index < -0.39 is 36.1 Å². The number of pyridine rings is 1. The standard InChI is InChI=1S/C41H44F3N11O4/c1-23(2)59-34-17-35-47-32(21-53(35)20-28(34)39(57)48-31-18-46-55-12-4-11-45-38(31)55)25-7-5-24(6-8-25)19-52-13-9-29(41(43,44)22-52)26-16-33-27(15-30(26)42)37(50-51(33)3)54-14-10-36(56)49-40(54)58/h4,11-12,15-18,20-21,23-25,29H,5-10,13-14,19,22H2,1-3H3,(H,48,57)(H,49,56,58). The number of imide groups is 1. The number of ether oxygens (including phenoxy) is 1. The van der Waals surface area contributed by atoms with Crippen LogP contribution in [0.3, 0.4) is 0 Å². The van der Waals surface area contributed by atoms with Crippen molar-refractivity contribution in [1.29, 1.82) is 0 Å². The van der Waals surface area contributed by atoms with Crippen molar-refractivity contribution < 1.29 is 32.3 Å². The van der Waals surface area contributed by atoms with Gasteiger partial charge in [-0.1, -0.05) is 0 Å². The van der Waals surface area contributed by atoms with Crippen molar-refractivity contribution in [3.63, 3.8) is 0 Å². The molecule has 2 saturated heterocycles. The number of hydrogen-bond acceptors (Lipinski definition) is 9. The summed E-state index contributed by atoms with van der Waals surface area (Å²) in [6.07, 6.45) is 12.0. The van der Waals surface area contributed by atoms with Crippen LogP contribution in [0, 0.1) is 11.7 Å². The van der Waals surface area contributed by atoms with Crippen molar-refractivity contribution in [3.8, 4) is 5.75 Å². The molecule has 1 unspecified atom stereocenters.